The lowest BCUT2D eigenvalue weighted by Gasteiger charge is -2.33. The predicted octanol–water partition coefficient (Wildman–Crippen LogP) is 3.43. The molecule has 3 N–H and O–H groups in total. The molecule has 1 fully saturated rings. The van der Waals surface area contributed by atoms with Gasteiger partial charge in [0.15, 0.2) is 6.79 Å². The van der Waals surface area contributed by atoms with Crippen LogP contribution in [0.3, 0.4) is 0 Å². The first kappa shape index (κ1) is 24.8. The summed E-state index contributed by atoms with van der Waals surface area (Å²) in [5, 5.41) is 3.01. The van der Waals surface area contributed by atoms with Crippen LogP contribution in [0.5, 0.6) is 5.75 Å². The number of methoxy groups -OCH3 is 1. The molecule has 10 heteroatoms. The van der Waals surface area contributed by atoms with Crippen LogP contribution in [0.2, 0.25) is 5.02 Å². The van der Waals surface area contributed by atoms with Crippen LogP contribution in [0.1, 0.15) is 23.2 Å². The molecule has 178 valence electrons. The maximum Gasteiger partial charge on any atom is 0.259 e. The molecule has 1 atom stereocenters. The molecule has 0 radical (unpaired) electrons. The summed E-state index contributed by atoms with van der Waals surface area (Å²) in [6.45, 7) is 1.68. The molecule has 1 saturated heterocycles. The fourth-order valence-corrected chi connectivity index (χ4v) is 3.75. The molecule has 0 saturated carbocycles. The molecule has 0 bridgehead atoms. The first-order chi connectivity index (χ1) is 15.9. The number of ether oxygens (including phenoxy) is 3. The molecule has 1 heterocycles. The first-order valence-corrected chi connectivity index (χ1v) is 10.9. The van der Waals surface area contributed by atoms with Gasteiger partial charge in [-0.25, -0.2) is 4.39 Å². The van der Waals surface area contributed by atoms with Gasteiger partial charge in [-0.3, -0.25) is 9.59 Å². The summed E-state index contributed by atoms with van der Waals surface area (Å²) in [4.78, 5) is 26.2. The van der Waals surface area contributed by atoms with E-state index < -0.39 is 11.7 Å². The van der Waals surface area contributed by atoms with Gasteiger partial charge in [0.2, 0.25) is 5.91 Å². The van der Waals surface area contributed by atoms with Crippen molar-refractivity contribution in [2.24, 2.45) is 11.7 Å². The Balaban J connectivity index is 1.68. The van der Waals surface area contributed by atoms with Crippen molar-refractivity contribution in [2.45, 2.75) is 12.8 Å². The standard InChI is InChI=1S/C23H27ClFN3O5/c1-31-9-10-32-14-33-21-7-4-16(24)11-18(21)23(30)27-17-5-6-20(19(25)12-17)28-8-2-3-15(13-28)22(26)29/h4-7,11-12,15H,2-3,8-10,13-14H2,1H3,(H2,26,29)(H,27,30). The third kappa shape index (κ3) is 6.80. The number of nitrogens with zero attached hydrogens (tertiary/aromatic N) is 1. The quantitative estimate of drug-likeness (QED) is 0.400. The van der Waals surface area contributed by atoms with Gasteiger partial charge in [0.05, 0.1) is 30.4 Å². The zero-order valence-electron chi connectivity index (χ0n) is 18.3. The first-order valence-electron chi connectivity index (χ1n) is 10.5. The summed E-state index contributed by atoms with van der Waals surface area (Å²) < 4.78 is 30.5. The van der Waals surface area contributed by atoms with E-state index in [0.717, 1.165) is 6.42 Å². The lowest BCUT2D eigenvalue weighted by atomic mass is 9.97. The van der Waals surface area contributed by atoms with Gasteiger partial charge in [-0.2, -0.15) is 0 Å². The monoisotopic (exact) mass is 479 g/mol. The zero-order chi connectivity index (χ0) is 23.8. The van der Waals surface area contributed by atoms with Crippen LogP contribution in [0.15, 0.2) is 36.4 Å². The highest BCUT2D eigenvalue weighted by molar-refractivity contribution is 6.31. The van der Waals surface area contributed by atoms with Gasteiger partial charge in [0.25, 0.3) is 5.91 Å². The van der Waals surface area contributed by atoms with Crippen LogP contribution in [-0.2, 0) is 14.3 Å². The SMILES string of the molecule is COCCOCOc1ccc(Cl)cc1C(=O)Nc1ccc(N2CCCC(C(N)=O)C2)c(F)c1. The van der Waals surface area contributed by atoms with Crippen molar-refractivity contribution in [2.75, 3.05) is 50.4 Å². The number of nitrogens with two attached hydrogens (primary N) is 1. The van der Waals surface area contributed by atoms with Crippen molar-refractivity contribution in [3.05, 3.63) is 52.8 Å². The van der Waals surface area contributed by atoms with Gasteiger partial charge in [-0.05, 0) is 49.2 Å². The number of primary amides is 1. The van der Waals surface area contributed by atoms with Crippen LogP contribution < -0.4 is 20.7 Å². The molecule has 0 spiro atoms. The van der Waals surface area contributed by atoms with Crippen LogP contribution in [0.25, 0.3) is 0 Å². The van der Waals surface area contributed by atoms with Crippen molar-refractivity contribution in [3.8, 4) is 5.75 Å². The Bertz CT molecular complexity index is 991. The number of nitrogens with one attached hydrogen (secondary N) is 1. The topological polar surface area (TPSA) is 103 Å². The molecule has 3 rings (SSSR count). The molecule has 2 aromatic carbocycles. The van der Waals surface area contributed by atoms with Gasteiger partial charge in [0.1, 0.15) is 11.6 Å². The number of anilines is 2. The maximum absolute atomic E-state index is 14.8. The van der Waals surface area contributed by atoms with Gasteiger partial charge in [-0.1, -0.05) is 11.6 Å². The molecule has 1 unspecified atom stereocenters. The van der Waals surface area contributed by atoms with E-state index in [4.69, 9.17) is 31.5 Å². The Kier molecular flexibility index (Phi) is 8.87. The molecule has 2 aromatic rings. The number of carbonyl (C=O) groups is 2. The number of halogens is 2. The number of hydrogen-bond acceptors (Lipinski definition) is 6. The minimum atomic E-state index is -0.511. The Hall–Kier alpha value is -2.88. The summed E-state index contributed by atoms with van der Waals surface area (Å²) in [6, 6.07) is 9.03. The highest BCUT2D eigenvalue weighted by atomic mass is 35.5. The third-order valence-electron chi connectivity index (χ3n) is 5.29. The zero-order valence-corrected chi connectivity index (χ0v) is 19.1. The average Bonchev–Trinajstić information content (AvgIpc) is 2.80. The lowest BCUT2D eigenvalue weighted by molar-refractivity contribution is -0.122. The summed E-state index contributed by atoms with van der Waals surface area (Å²) in [7, 11) is 1.56. The second-order valence-corrected chi connectivity index (χ2v) is 8.05. The molecule has 0 aromatic heterocycles. The summed E-state index contributed by atoms with van der Waals surface area (Å²) >= 11 is 6.05. The van der Waals surface area contributed by atoms with E-state index >= 15 is 0 Å². The van der Waals surface area contributed by atoms with Crippen molar-refractivity contribution in [1.82, 2.24) is 0 Å². The van der Waals surface area contributed by atoms with Gasteiger partial charge in [-0.15, -0.1) is 0 Å². The minimum Gasteiger partial charge on any atom is -0.467 e. The molecular formula is C23H27ClFN3O5. The normalized spacial score (nSPS) is 15.8. The van der Waals surface area contributed by atoms with Crippen molar-refractivity contribution in [3.63, 3.8) is 0 Å². The van der Waals surface area contributed by atoms with E-state index in [1.807, 2.05) is 0 Å². The lowest BCUT2D eigenvalue weighted by Crippen LogP contribution is -2.41. The van der Waals surface area contributed by atoms with Crippen LogP contribution in [-0.4, -0.2) is 52.0 Å². The number of benzene rings is 2. The number of hydrogen-bond donors (Lipinski definition) is 2. The smallest absolute Gasteiger partial charge is 0.259 e. The fourth-order valence-electron chi connectivity index (χ4n) is 3.58. The van der Waals surface area contributed by atoms with Crippen LogP contribution in [0, 0.1) is 11.7 Å². The summed E-state index contributed by atoms with van der Waals surface area (Å²) in [5.74, 6) is -1.43. The molecule has 1 aliphatic heterocycles. The van der Waals surface area contributed by atoms with Crippen molar-refractivity contribution in [1.29, 1.82) is 0 Å². The maximum atomic E-state index is 14.8. The number of piperidine rings is 1. The van der Waals surface area contributed by atoms with Gasteiger partial charge >= 0.3 is 0 Å². The Labute approximate surface area is 196 Å². The Morgan fingerprint density at radius 1 is 1.24 bits per heavy atom. The molecule has 8 nitrogen and oxygen atoms in total. The molecule has 0 aliphatic carbocycles. The number of amides is 2. The number of carbonyl (C=O) groups excluding carboxylic acids is 2. The third-order valence-corrected chi connectivity index (χ3v) is 5.52. The van der Waals surface area contributed by atoms with Gasteiger partial charge < -0.3 is 30.2 Å². The molecule has 33 heavy (non-hydrogen) atoms. The van der Waals surface area contributed by atoms with Crippen LogP contribution in [0.4, 0.5) is 15.8 Å². The van der Waals surface area contributed by atoms with Crippen molar-refractivity contribution >= 4 is 34.8 Å². The summed E-state index contributed by atoms with van der Waals surface area (Å²) in [5.41, 5.74) is 6.23. The van der Waals surface area contributed by atoms with E-state index in [2.05, 4.69) is 5.32 Å². The molecular weight excluding hydrogens is 453 g/mol. The summed E-state index contributed by atoms with van der Waals surface area (Å²) in [6.07, 6.45) is 1.45. The highest BCUT2D eigenvalue weighted by Crippen LogP contribution is 2.29. The Morgan fingerprint density at radius 2 is 2.06 bits per heavy atom. The number of rotatable bonds is 10. The van der Waals surface area contributed by atoms with Gasteiger partial charge in [0, 0.05) is 30.9 Å². The van der Waals surface area contributed by atoms with Crippen LogP contribution >= 0.6 is 11.6 Å². The highest BCUT2D eigenvalue weighted by Gasteiger charge is 2.25. The second kappa shape index (κ2) is 11.8. The molecule has 1 aliphatic rings. The van der Waals surface area contributed by atoms with E-state index in [1.54, 1.807) is 36.3 Å². The fraction of sp³-hybridized carbons (Fsp3) is 0.391. The van der Waals surface area contributed by atoms with E-state index in [1.165, 1.54) is 12.1 Å². The molecule has 2 amide bonds. The minimum absolute atomic E-state index is 0.0727. The average molecular weight is 480 g/mol. The predicted molar refractivity (Wildman–Crippen MR) is 123 cm³/mol. The second-order valence-electron chi connectivity index (χ2n) is 7.61. The van der Waals surface area contributed by atoms with E-state index in [0.29, 0.717) is 43.4 Å². The largest absolute Gasteiger partial charge is 0.467 e. The van der Waals surface area contributed by atoms with Crippen molar-refractivity contribution < 1.29 is 28.2 Å². The Morgan fingerprint density at radius 3 is 2.79 bits per heavy atom. The van der Waals surface area contributed by atoms with E-state index in [9.17, 15) is 14.0 Å². The van der Waals surface area contributed by atoms with E-state index in [-0.39, 0.29) is 35.6 Å².